The van der Waals surface area contributed by atoms with Gasteiger partial charge in [0.05, 0.1) is 17.8 Å². The molecule has 1 aliphatic rings. The van der Waals surface area contributed by atoms with Crippen LogP contribution in [-0.2, 0) is 9.31 Å². The number of aliphatic hydroxyl groups excluding tert-OH is 1. The molecule has 1 aliphatic heterocycles. The molecule has 0 aromatic carbocycles. The van der Waals surface area contributed by atoms with Gasteiger partial charge < -0.3 is 19.7 Å². The summed E-state index contributed by atoms with van der Waals surface area (Å²) >= 11 is 0. The summed E-state index contributed by atoms with van der Waals surface area (Å²) in [5.74, 6) is -0.384. The fraction of sp³-hybridized carbons (Fsp3) is 0.615. The first-order valence-corrected chi connectivity index (χ1v) is 6.62. The molecular weight excluding hydrogens is 262 g/mol. The Labute approximate surface area is 118 Å². The monoisotopic (exact) mass is 282 g/mol. The van der Waals surface area contributed by atoms with E-state index >= 15 is 0 Å². The number of hydrogen-bond donors (Lipinski definition) is 2. The molecule has 7 heteroatoms. The number of aliphatic hydroxyl groups is 1. The highest BCUT2D eigenvalue weighted by molar-refractivity contribution is 6.62. The molecule has 1 aromatic heterocycles. The molecule has 0 radical (unpaired) electrons. The molecule has 0 bridgehead atoms. The Morgan fingerprint density at radius 3 is 2.40 bits per heavy atom. The van der Waals surface area contributed by atoms with Crippen molar-refractivity contribution in [3.05, 3.63) is 18.1 Å². The summed E-state index contributed by atoms with van der Waals surface area (Å²) in [7, 11) is -0.631. The van der Waals surface area contributed by atoms with Crippen LogP contribution in [0.15, 0.2) is 12.3 Å². The van der Waals surface area contributed by atoms with Crippen molar-refractivity contribution in [3.8, 4) is 0 Å². The van der Waals surface area contributed by atoms with Gasteiger partial charge in [-0.3, -0.25) is 0 Å². The number of pyridine rings is 1. The lowest BCUT2D eigenvalue weighted by molar-refractivity contribution is 0.00578. The number of nitrogens with zero attached hydrogens (tertiary/aromatic N) is 1. The van der Waals surface area contributed by atoms with Crippen LogP contribution in [-0.4, -0.2) is 41.6 Å². The van der Waals surface area contributed by atoms with Gasteiger partial charge in [0.2, 0.25) is 0 Å². The topological polar surface area (TPSA) is 63.6 Å². The molecule has 2 rings (SSSR count). The molecular formula is C13H20BFN2O3. The maximum Gasteiger partial charge on any atom is 0.496 e. The van der Waals surface area contributed by atoms with Crippen LogP contribution < -0.4 is 10.8 Å². The van der Waals surface area contributed by atoms with E-state index < -0.39 is 24.1 Å². The Bertz CT molecular complexity index is 481. The number of aromatic nitrogens is 1. The number of rotatable bonds is 4. The van der Waals surface area contributed by atoms with Crippen LogP contribution in [0.3, 0.4) is 0 Å². The van der Waals surface area contributed by atoms with Crippen LogP contribution >= 0.6 is 0 Å². The predicted molar refractivity (Wildman–Crippen MR) is 75.5 cm³/mol. The molecule has 5 nitrogen and oxygen atoms in total. The fourth-order valence-electron chi connectivity index (χ4n) is 1.87. The van der Waals surface area contributed by atoms with E-state index in [2.05, 4.69) is 10.3 Å². The lowest BCUT2D eigenvalue weighted by Gasteiger charge is -2.32. The van der Waals surface area contributed by atoms with Gasteiger partial charge in [0, 0.05) is 18.2 Å². The minimum Gasteiger partial charge on any atom is -0.399 e. The molecule has 0 aliphatic carbocycles. The molecule has 0 saturated carbocycles. The standard InChI is InChI=1S/C13H20BFN2O3/c1-12(2)13(3,4)20-14(19-12)9-7-10(15)11(17-8-9)16-5-6-18/h7-8,18H,5-6H2,1-4H3,(H,16,17). The molecule has 0 unspecified atom stereocenters. The zero-order valence-corrected chi connectivity index (χ0v) is 12.2. The first-order chi connectivity index (χ1) is 9.27. The van der Waals surface area contributed by atoms with Gasteiger partial charge in [0.15, 0.2) is 11.6 Å². The lowest BCUT2D eigenvalue weighted by Crippen LogP contribution is -2.41. The largest absolute Gasteiger partial charge is 0.496 e. The Balaban J connectivity index is 2.17. The molecule has 0 spiro atoms. The van der Waals surface area contributed by atoms with Gasteiger partial charge in [-0.25, -0.2) is 9.37 Å². The van der Waals surface area contributed by atoms with Crippen molar-refractivity contribution in [1.29, 1.82) is 0 Å². The minimum absolute atomic E-state index is 0.0832. The van der Waals surface area contributed by atoms with Crippen molar-refractivity contribution >= 4 is 18.4 Å². The van der Waals surface area contributed by atoms with E-state index in [1.54, 1.807) is 0 Å². The number of nitrogens with one attached hydrogen (secondary N) is 1. The van der Waals surface area contributed by atoms with E-state index in [-0.39, 0.29) is 19.0 Å². The normalized spacial score (nSPS) is 20.2. The number of halogens is 1. The van der Waals surface area contributed by atoms with Crippen molar-refractivity contribution in [2.45, 2.75) is 38.9 Å². The molecule has 1 saturated heterocycles. The summed E-state index contributed by atoms with van der Waals surface area (Å²) < 4.78 is 25.6. The quantitative estimate of drug-likeness (QED) is 0.804. The van der Waals surface area contributed by atoms with Crippen molar-refractivity contribution in [2.75, 3.05) is 18.5 Å². The Hall–Kier alpha value is -1.18. The molecule has 2 N–H and O–H groups in total. The van der Waals surface area contributed by atoms with E-state index in [9.17, 15) is 4.39 Å². The Morgan fingerprint density at radius 1 is 1.30 bits per heavy atom. The molecule has 0 atom stereocenters. The molecule has 2 heterocycles. The maximum atomic E-state index is 13.9. The van der Waals surface area contributed by atoms with Crippen molar-refractivity contribution in [3.63, 3.8) is 0 Å². The average Bonchev–Trinajstić information content (AvgIpc) is 2.57. The van der Waals surface area contributed by atoms with Crippen LogP contribution in [0.25, 0.3) is 0 Å². The van der Waals surface area contributed by atoms with Crippen LogP contribution in [0, 0.1) is 5.82 Å². The number of anilines is 1. The zero-order valence-electron chi connectivity index (χ0n) is 12.2. The van der Waals surface area contributed by atoms with Gasteiger partial charge in [-0.2, -0.15) is 0 Å². The first-order valence-electron chi connectivity index (χ1n) is 6.62. The first kappa shape index (κ1) is 15.2. The summed E-state index contributed by atoms with van der Waals surface area (Å²) in [5.41, 5.74) is -0.403. The lowest BCUT2D eigenvalue weighted by atomic mass is 9.80. The minimum atomic E-state index is -0.631. The Kier molecular flexibility index (Phi) is 4.04. The average molecular weight is 282 g/mol. The van der Waals surface area contributed by atoms with Crippen LogP contribution in [0.1, 0.15) is 27.7 Å². The second-order valence-electron chi connectivity index (χ2n) is 5.84. The van der Waals surface area contributed by atoms with Gasteiger partial charge in [-0.05, 0) is 33.8 Å². The van der Waals surface area contributed by atoms with E-state index in [0.717, 1.165) is 0 Å². The predicted octanol–water partition coefficient (Wildman–Crippen LogP) is 0.924. The van der Waals surface area contributed by atoms with Crippen molar-refractivity contribution in [1.82, 2.24) is 4.98 Å². The van der Waals surface area contributed by atoms with Gasteiger partial charge in [0.25, 0.3) is 0 Å². The van der Waals surface area contributed by atoms with E-state index in [4.69, 9.17) is 14.4 Å². The molecule has 1 aromatic rings. The molecule has 20 heavy (non-hydrogen) atoms. The highest BCUT2D eigenvalue weighted by Gasteiger charge is 2.51. The molecule has 1 fully saturated rings. The van der Waals surface area contributed by atoms with Crippen molar-refractivity contribution in [2.24, 2.45) is 0 Å². The van der Waals surface area contributed by atoms with E-state index in [1.165, 1.54) is 12.3 Å². The summed E-state index contributed by atoms with van der Waals surface area (Å²) in [6.45, 7) is 7.92. The SMILES string of the molecule is CC1(C)OB(c2cnc(NCCO)c(F)c2)OC1(C)C. The van der Waals surface area contributed by atoms with Gasteiger partial charge in [-0.1, -0.05) is 0 Å². The number of hydrogen-bond acceptors (Lipinski definition) is 5. The third kappa shape index (κ3) is 2.80. The summed E-state index contributed by atoms with van der Waals surface area (Å²) in [4.78, 5) is 4.00. The van der Waals surface area contributed by atoms with Crippen LogP contribution in [0.4, 0.5) is 10.2 Å². The highest BCUT2D eigenvalue weighted by Crippen LogP contribution is 2.36. The van der Waals surface area contributed by atoms with Crippen LogP contribution in [0.5, 0.6) is 0 Å². The Morgan fingerprint density at radius 2 is 1.90 bits per heavy atom. The fourth-order valence-corrected chi connectivity index (χ4v) is 1.87. The summed E-state index contributed by atoms with van der Waals surface area (Å²) in [6.07, 6.45) is 1.52. The highest BCUT2D eigenvalue weighted by atomic mass is 19.1. The third-order valence-corrected chi connectivity index (χ3v) is 3.79. The van der Waals surface area contributed by atoms with Gasteiger partial charge in [0.1, 0.15) is 0 Å². The maximum absolute atomic E-state index is 13.9. The second kappa shape index (κ2) is 5.31. The van der Waals surface area contributed by atoms with Gasteiger partial charge >= 0.3 is 7.12 Å². The molecule has 110 valence electrons. The zero-order chi connectivity index (χ0) is 15.0. The van der Waals surface area contributed by atoms with Gasteiger partial charge in [-0.15, -0.1) is 0 Å². The van der Waals surface area contributed by atoms with Crippen molar-refractivity contribution < 1.29 is 18.8 Å². The van der Waals surface area contributed by atoms with E-state index in [1.807, 2.05) is 27.7 Å². The summed E-state index contributed by atoms with van der Waals surface area (Å²) in [5, 5.41) is 11.4. The van der Waals surface area contributed by atoms with E-state index in [0.29, 0.717) is 5.46 Å². The smallest absolute Gasteiger partial charge is 0.399 e. The summed E-state index contributed by atoms with van der Waals surface area (Å²) in [6, 6.07) is 1.34. The van der Waals surface area contributed by atoms with Crippen LogP contribution in [0.2, 0.25) is 0 Å². The second-order valence-corrected chi connectivity index (χ2v) is 5.84. The third-order valence-electron chi connectivity index (χ3n) is 3.79. The molecule has 0 amide bonds.